The van der Waals surface area contributed by atoms with Crippen molar-refractivity contribution in [3.05, 3.63) is 33.4 Å². The third-order valence-corrected chi connectivity index (χ3v) is 4.82. The van der Waals surface area contributed by atoms with Crippen molar-refractivity contribution in [3.63, 3.8) is 0 Å². The Labute approximate surface area is 118 Å². The van der Waals surface area contributed by atoms with E-state index in [9.17, 15) is 5.11 Å². The zero-order valence-corrected chi connectivity index (χ0v) is 12.4. The molecule has 1 atom stereocenters. The highest BCUT2D eigenvalue weighted by Crippen LogP contribution is 2.31. The predicted molar refractivity (Wildman–Crippen MR) is 79.9 cm³/mol. The molecule has 0 bridgehead atoms. The minimum Gasteiger partial charge on any atom is -0.388 e. The lowest BCUT2D eigenvalue weighted by Crippen LogP contribution is -2.09. The summed E-state index contributed by atoms with van der Waals surface area (Å²) in [6, 6.07) is 8.16. The Balaban J connectivity index is 1.84. The van der Waals surface area contributed by atoms with Crippen LogP contribution in [0.15, 0.2) is 24.3 Å². The van der Waals surface area contributed by atoms with E-state index in [1.807, 2.05) is 18.2 Å². The first-order valence-corrected chi connectivity index (χ1v) is 7.77. The molecule has 1 aromatic carbocycles. The van der Waals surface area contributed by atoms with E-state index in [4.69, 9.17) is 0 Å². The van der Waals surface area contributed by atoms with E-state index in [0.717, 1.165) is 17.9 Å². The zero-order chi connectivity index (χ0) is 12.1. The molecule has 2 heteroatoms. The van der Waals surface area contributed by atoms with Crippen molar-refractivity contribution in [1.29, 1.82) is 0 Å². The summed E-state index contributed by atoms with van der Waals surface area (Å²) in [5.74, 6) is 0.861. The minimum absolute atomic E-state index is 0.273. The van der Waals surface area contributed by atoms with Crippen LogP contribution in [0.5, 0.6) is 0 Å². The highest BCUT2D eigenvalue weighted by molar-refractivity contribution is 14.1. The fourth-order valence-corrected chi connectivity index (χ4v) is 3.52. The van der Waals surface area contributed by atoms with Crippen LogP contribution in [-0.2, 0) is 0 Å². The first kappa shape index (κ1) is 13.3. The van der Waals surface area contributed by atoms with Crippen molar-refractivity contribution in [3.8, 4) is 0 Å². The predicted octanol–water partition coefficient (Wildman–Crippen LogP) is 4.69. The zero-order valence-electron chi connectivity index (χ0n) is 10.2. The van der Waals surface area contributed by atoms with Gasteiger partial charge in [-0.25, -0.2) is 0 Å². The van der Waals surface area contributed by atoms with Gasteiger partial charge in [-0.2, -0.15) is 0 Å². The van der Waals surface area contributed by atoms with Crippen LogP contribution in [0.2, 0.25) is 0 Å². The summed E-state index contributed by atoms with van der Waals surface area (Å²) in [4.78, 5) is 0. The van der Waals surface area contributed by atoms with Gasteiger partial charge in [0.15, 0.2) is 0 Å². The Morgan fingerprint density at radius 1 is 1.18 bits per heavy atom. The Morgan fingerprint density at radius 3 is 2.59 bits per heavy atom. The third-order valence-electron chi connectivity index (χ3n) is 3.84. The van der Waals surface area contributed by atoms with Crippen LogP contribution in [0.4, 0.5) is 0 Å². The lowest BCUT2D eigenvalue weighted by Gasteiger charge is -2.23. The maximum absolute atomic E-state index is 10.2. The topological polar surface area (TPSA) is 20.2 Å². The van der Waals surface area contributed by atoms with E-state index in [0.29, 0.717) is 0 Å². The number of halogens is 1. The number of aliphatic hydroxyl groups is 1. The monoisotopic (exact) mass is 344 g/mol. The largest absolute Gasteiger partial charge is 0.388 e. The number of rotatable bonds is 4. The van der Waals surface area contributed by atoms with E-state index >= 15 is 0 Å². The van der Waals surface area contributed by atoms with Gasteiger partial charge in [0.2, 0.25) is 0 Å². The molecule has 0 saturated heterocycles. The molecule has 1 nitrogen and oxygen atoms in total. The van der Waals surface area contributed by atoms with E-state index in [2.05, 4.69) is 28.7 Å². The van der Waals surface area contributed by atoms with Crippen molar-refractivity contribution in [2.24, 2.45) is 5.92 Å². The van der Waals surface area contributed by atoms with Crippen LogP contribution >= 0.6 is 22.6 Å². The van der Waals surface area contributed by atoms with E-state index in [-0.39, 0.29) is 6.10 Å². The second-order valence-electron chi connectivity index (χ2n) is 5.12. The van der Waals surface area contributed by atoms with Crippen LogP contribution < -0.4 is 0 Å². The average molecular weight is 344 g/mol. The van der Waals surface area contributed by atoms with Gasteiger partial charge >= 0.3 is 0 Å². The van der Waals surface area contributed by atoms with E-state index < -0.39 is 0 Å². The van der Waals surface area contributed by atoms with Gasteiger partial charge in [-0.15, -0.1) is 0 Å². The highest BCUT2D eigenvalue weighted by Gasteiger charge is 2.16. The Kier molecular flexibility index (Phi) is 5.29. The molecule has 2 rings (SSSR count). The normalized spacial score (nSPS) is 19.2. The SMILES string of the molecule is OC(CCC1CCCCC1)c1ccccc1I. The molecule has 1 aromatic rings. The fourth-order valence-electron chi connectivity index (χ4n) is 2.77. The van der Waals surface area contributed by atoms with Crippen LogP contribution in [0.3, 0.4) is 0 Å². The molecule has 0 amide bonds. The Bertz CT molecular complexity index is 345. The van der Waals surface area contributed by atoms with Gasteiger partial charge in [0.05, 0.1) is 6.10 Å². The van der Waals surface area contributed by atoms with Gasteiger partial charge in [0, 0.05) is 3.57 Å². The van der Waals surface area contributed by atoms with Gasteiger partial charge in [-0.1, -0.05) is 50.3 Å². The molecule has 1 fully saturated rings. The quantitative estimate of drug-likeness (QED) is 0.786. The van der Waals surface area contributed by atoms with Gasteiger partial charge in [0.1, 0.15) is 0 Å². The Morgan fingerprint density at radius 2 is 1.88 bits per heavy atom. The summed E-state index contributed by atoms with van der Waals surface area (Å²) in [6.07, 6.45) is 8.78. The number of hydrogen-bond acceptors (Lipinski definition) is 1. The summed E-state index contributed by atoms with van der Waals surface area (Å²) >= 11 is 2.31. The molecule has 17 heavy (non-hydrogen) atoms. The molecular formula is C15H21IO. The first-order chi connectivity index (χ1) is 8.27. The van der Waals surface area contributed by atoms with E-state index in [1.54, 1.807) is 0 Å². The third kappa shape index (κ3) is 3.95. The molecule has 1 aliphatic carbocycles. The standard InChI is InChI=1S/C15H21IO/c16-14-9-5-4-8-13(14)15(17)11-10-12-6-2-1-3-7-12/h4-5,8-9,12,15,17H,1-3,6-7,10-11H2. The van der Waals surface area contributed by atoms with Gasteiger partial charge in [-0.05, 0) is 53.0 Å². The second kappa shape index (κ2) is 6.74. The molecular weight excluding hydrogens is 323 g/mol. The summed E-state index contributed by atoms with van der Waals surface area (Å²) in [5.41, 5.74) is 1.10. The summed E-state index contributed by atoms with van der Waals surface area (Å²) in [7, 11) is 0. The lowest BCUT2D eigenvalue weighted by atomic mass is 9.85. The maximum Gasteiger partial charge on any atom is 0.0800 e. The van der Waals surface area contributed by atoms with Gasteiger partial charge < -0.3 is 5.11 Å². The number of aliphatic hydroxyl groups excluding tert-OH is 1. The van der Waals surface area contributed by atoms with Crippen LogP contribution in [0, 0.1) is 9.49 Å². The van der Waals surface area contributed by atoms with Crippen molar-refractivity contribution in [1.82, 2.24) is 0 Å². The van der Waals surface area contributed by atoms with E-state index in [1.165, 1.54) is 42.1 Å². The average Bonchev–Trinajstić information content (AvgIpc) is 2.38. The summed E-state index contributed by atoms with van der Waals surface area (Å²) in [5, 5.41) is 10.2. The van der Waals surface area contributed by atoms with Crippen molar-refractivity contribution in [2.45, 2.75) is 51.0 Å². The van der Waals surface area contributed by atoms with Crippen molar-refractivity contribution < 1.29 is 5.11 Å². The molecule has 1 aliphatic rings. The lowest BCUT2D eigenvalue weighted by molar-refractivity contribution is 0.150. The van der Waals surface area contributed by atoms with Gasteiger partial charge in [-0.3, -0.25) is 0 Å². The number of hydrogen-bond donors (Lipinski definition) is 1. The van der Waals surface area contributed by atoms with Gasteiger partial charge in [0.25, 0.3) is 0 Å². The molecule has 0 aliphatic heterocycles. The molecule has 1 N–H and O–H groups in total. The highest BCUT2D eigenvalue weighted by atomic mass is 127. The molecule has 0 spiro atoms. The summed E-state index contributed by atoms with van der Waals surface area (Å²) in [6.45, 7) is 0. The molecule has 1 unspecified atom stereocenters. The number of benzene rings is 1. The molecule has 0 aromatic heterocycles. The van der Waals surface area contributed by atoms with Crippen LogP contribution in [0.25, 0.3) is 0 Å². The first-order valence-electron chi connectivity index (χ1n) is 6.70. The molecule has 94 valence electrons. The maximum atomic E-state index is 10.2. The molecule has 1 saturated carbocycles. The second-order valence-corrected chi connectivity index (χ2v) is 6.28. The van der Waals surface area contributed by atoms with Crippen molar-refractivity contribution >= 4 is 22.6 Å². The minimum atomic E-state index is -0.273. The van der Waals surface area contributed by atoms with Crippen LogP contribution in [-0.4, -0.2) is 5.11 Å². The van der Waals surface area contributed by atoms with Crippen LogP contribution in [0.1, 0.15) is 56.6 Å². The summed E-state index contributed by atoms with van der Waals surface area (Å²) < 4.78 is 1.18. The Hall–Kier alpha value is -0.0900. The van der Waals surface area contributed by atoms with Crippen molar-refractivity contribution in [2.75, 3.05) is 0 Å². The smallest absolute Gasteiger partial charge is 0.0800 e. The molecule has 0 radical (unpaired) electrons. The fraction of sp³-hybridized carbons (Fsp3) is 0.600. The molecule has 0 heterocycles.